The highest BCUT2D eigenvalue weighted by atomic mass is 127. The molecule has 33 heavy (non-hydrogen) atoms. The zero-order chi connectivity index (χ0) is 22.9. The molecule has 0 bridgehead atoms. The zero-order valence-corrected chi connectivity index (χ0v) is 21.3. The minimum Gasteiger partial charge on any atom is -0.434 e. The van der Waals surface area contributed by atoms with Gasteiger partial charge in [-0.15, -0.1) is 24.0 Å². The van der Waals surface area contributed by atoms with Crippen LogP contribution in [0.2, 0.25) is 0 Å². The topological polar surface area (TPSA) is 66.0 Å². The first-order valence-electron chi connectivity index (χ1n) is 10.8. The van der Waals surface area contributed by atoms with Gasteiger partial charge in [-0.1, -0.05) is 42.0 Å². The molecule has 180 valence electrons. The number of guanidine groups is 1. The number of aliphatic imine (C=N–C) groups is 1. The molecule has 0 atom stereocenters. The van der Waals surface area contributed by atoms with Gasteiger partial charge in [-0.25, -0.2) is 0 Å². The van der Waals surface area contributed by atoms with E-state index in [2.05, 4.69) is 32.5 Å². The van der Waals surface area contributed by atoms with Crippen molar-refractivity contribution in [3.63, 3.8) is 0 Å². The van der Waals surface area contributed by atoms with Crippen LogP contribution >= 0.6 is 24.0 Å². The highest BCUT2D eigenvalue weighted by Gasteiger charge is 2.19. The van der Waals surface area contributed by atoms with Gasteiger partial charge in [-0.2, -0.15) is 8.78 Å². The molecular weight excluding hydrogens is 541 g/mol. The fourth-order valence-corrected chi connectivity index (χ4v) is 3.77. The summed E-state index contributed by atoms with van der Waals surface area (Å²) in [7, 11) is 1.64. The molecule has 6 nitrogen and oxygen atoms in total. The number of amides is 1. The Bertz CT molecular complexity index is 956. The number of benzene rings is 2. The number of aryl methyl sites for hydroxylation is 1. The summed E-state index contributed by atoms with van der Waals surface area (Å²) in [5, 5.41) is 6.28. The summed E-state index contributed by atoms with van der Waals surface area (Å²) >= 11 is 0. The number of carbonyl (C=O) groups excluding carboxylic acids is 1. The molecular formula is C24H31F2IN4O2. The van der Waals surface area contributed by atoms with E-state index in [0.717, 1.165) is 18.5 Å². The van der Waals surface area contributed by atoms with Gasteiger partial charge >= 0.3 is 6.61 Å². The third kappa shape index (κ3) is 8.13. The average Bonchev–Trinajstić information content (AvgIpc) is 2.79. The third-order valence-electron chi connectivity index (χ3n) is 5.45. The van der Waals surface area contributed by atoms with Crippen molar-refractivity contribution < 1.29 is 18.3 Å². The summed E-state index contributed by atoms with van der Waals surface area (Å²) in [4.78, 5) is 18.6. The van der Waals surface area contributed by atoms with Gasteiger partial charge in [-0.05, 0) is 37.0 Å². The maximum absolute atomic E-state index is 12.6. The summed E-state index contributed by atoms with van der Waals surface area (Å²) in [6, 6.07) is 13.3. The Morgan fingerprint density at radius 2 is 1.94 bits per heavy atom. The van der Waals surface area contributed by atoms with Gasteiger partial charge in [0, 0.05) is 45.2 Å². The number of hydrogen-bond acceptors (Lipinski definition) is 3. The quantitative estimate of drug-likeness (QED) is 0.215. The smallest absolute Gasteiger partial charge is 0.387 e. The maximum Gasteiger partial charge on any atom is 0.387 e. The van der Waals surface area contributed by atoms with Crippen molar-refractivity contribution in [2.45, 2.75) is 45.9 Å². The molecule has 0 spiro atoms. The number of carbonyl (C=O) groups is 1. The van der Waals surface area contributed by atoms with E-state index in [1.165, 1.54) is 11.1 Å². The minimum absolute atomic E-state index is 0. The van der Waals surface area contributed by atoms with Crippen molar-refractivity contribution in [2.24, 2.45) is 4.99 Å². The molecule has 1 amide bonds. The van der Waals surface area contributed by atoms with Crippen molar-refractivity contribution in [1.82, 2.24) is 15.5 Å². The summed E-state index contributed by atoms with van der Waals surface area (Å²) in [6.45, 7) is 1.30. The summed E-state index contributed by atoms with van der Waals surface area (Å²) in [6.07, 6.45) is 2.02. The average molecular weight is 572 g/mol. The van der Waals surface area contributed by atoms with Crippen molar-refractivity contribution in [3.8, 4) is 5.75 Å². The Morgan fingerprint density at radius 1 is 1.18 bits per heavy atom. The molecule has 0 saturated heterocycles. The molecule has 1 aliphatic heterocycles. The Labute approximate surface area is 210 Å². The zero-order valence-electron chi connectivity index (χ0n) is 18.9. The summed E-state index contributed by atoms with van der Waals surface area (Å²) in [5.74, 6) is 0.828. The second kappa shape index (κ2) is 13.3. The molecule has 2 aromatic rings. The molecule has 0 radical (unpaired) electrons. The van der Waals surface area contributed by atoms with Crippen LogP contribution in [0.15, 0.2) is 47.5 Å². The van der Waals surface area contributed by atoms with Gasteiger partial charge < -0.3 is 20.3 Å². The SMILES string of the molecule is CN=C(NCCCC(=O)N1CCc2ccccc2C1)NCc1cc(C)ccc1OC(F)F.I. The molecule has 0 fully saturated rings. The lowest BCUT2D eigenvalue weighted by molar-refractivity contribution is -0.132. The Balaban J connectivity index is 0.00000385. The van der Waals surface area contributed by atoms with Crippen LogP contribution in [0.5, 0.6) is 5.75 Å². The molecule has 0 aliphatic carbocycles. The first-order chi connectivity index (χ1) is 15.5. The molecule has 1 heterocycles. The van der Waals surface area contributed by atoms with Crippen LogP contribution in [-0.2, 0) is 24.3 Å². The highest BCUT2D eigenvalue weighted by Crippen LogP contribution is 2.22. The maximum atomic E-state index is 12.6. The number of nitrogens with one attached hydrogen (secondary N) is 2. The lowest BCUT2D eigenvalue weighted by atomic mass is 9.99. The number of halogens is 3. The number of alkyl halides is 2. The van der Waals surface area contributed by atoms with Crippen molar-refractivity contribution in [1.29, 1.82) is 0 Å². The van der Waals surface area contributed by atoms with Gasteiger partial charge in [0.05, 0.1) is 0 Å². The first-order valence-corrected chi connectivity index (χ1v) is 10.8. The van der Waals surface area contributed by atoms with Gasteiger partial charge in [0.25, 0.3) is 0 Å². The largest absolute Gasteiger partial charge is 0.434 e. The van der Waals surface area contributed by atoms with E-state index < -0.39 is 6.61 Å². The van der Waals surface area contributed by atoms with Crippen LogP contribution in [0.4, 0.5) is 8.78 Å². The molecule has 1 aliphatic rings. The molecule has 2 aromatic carbocycles. The predicted octanol–water partition coefficient (Wildman–Crippen LogP) is 4.24. The highest BCUT2D eigenvalue weighted by molar-refractivity contribution is 14.0. The molecule has 0 aromatic heterocycles. The second-order valence-electron chi connectivity index (χ2n) is 7.78. The lowest BCUT2D eigenvalue weighted by Crippen LogP contribution is -2.38. The Kier molecular flexibility index (Phi) is 10.8. The minimum atomic E-state index is -2.88. The van der Waals surface area contributed by atoms with Crippen LogP contribution < -0.4 is 15.4 Å². The van der Waals surface area contributed by atoms with E-state index in [-0.39, 0.29) is 42.2 Å². The number of ether oxygens (including phenoxy) is 1. The number of fused-ring (bicyclic) bond motifs is 1. The molecule has 0 saturated carbocycles. The van der Waals surface area contributed by atoms with Gasteiger partial charge in [0.15, 0.2) is 5.96 Å². The fraction of sp³-hybridized carbons (Fsp3) is 0.417. The van der Waals surface area contributed by atoms with Gasteiger partial charge in [0.2, 0.25) is 5.91 Å². The predicted molar refractivity (Wildman–Crippen MR) is 136 cm³/mol. The molecule has 2 N–H and O–H groups in total. The Morgan fingerprint density at radius 3 is 2.67 bits per heavy atom. The fourth-order valence-electron chi connectivity index (χ4n) is 3.77. The van der Waals surface area contributed by atoms with Gasteiger partial charge in [-0.3, -0.25) is 9.79 Å². The van der Waals surface area contributed by atoms with Crippen LogP contribution in [0.3, 0.4) is 0 Å². The monoisotopic (exact) mass is 572 g/mol. The standard InChI is InChI=1S/C24H30F2N4O2.HI/c1-17-9-10-21(32-23(25)26)20(14-17)15-29-24(27-2)28-12-5-8-22(31)30-13-11-18-6-3-4-7-19(18)16-30;/h3-4,6-7,9-10,14,23H,5,8,11-13,15-16H2,1-2H3,(H2,27,28,29);1H. The third-order valence-corrected chi connectivity index (χ3v) is 5.45. The molecule has 9 heteroatoms. The van der Waals surface area contributed by atoms with Crippen LogP contribution in [0.1, 0.15) is 35.1 Å². The number of rotatable bonds is 8. The number of nitrogens with zero attached hydrogens (tertiary/aromatic N) is 2. The van der Waals surface area contributed by atoms with E-state index in [9.17, 15) is 13.6 Å². The van der Waals surface area contributed by atoms with E-state index in [4.69, 9.17) is 0 Å². The van der Waals surface area contributed by atoms with E-state index in [1.807, 2.05) is 24.0 Å². The van der Waals surface area contributed by atoms with Crippen LogP contribution in [-0.4, -0.2) is 43.5 Å². The van der Waals surface area contributed by atoms with E-state index >= 15 is 0 Å². The van der Waals surface area contributed by atoms with Crippen molar-refractivity contribution in [2.75, 3.05) is 20.1 Å². The Hall–Kier alpha value is -2.43. The van der Waals surface area contributed by atoms with Crippen molar-refractivity contribution >= 4 is 35.8 Å². The summed E-state index contributed by atoms with van der Waals surface area (Å²) in [5.41, 5.74) is 4.11. The molecule has 3 rings (SSSR count). The van der Waals surface area contributed by atoms with E-state index in [0.29, 0.717) is 37.5 Å². The number of hydrogen-bond donors (Lipinski definition) is 2. The second-order valence-corrected chi connectivity index (χ2v) is 7.78. The van der Waals surface area contributed by atoms with Crippen LogP contribution in [0, 0.1) is 6.92 Å². The normalized spacial score (nSPS) is 13.2. The van der Waals surface area contributed by atoms with Crippen LogP contribution in [0.25, 0.3) is 0 Å². The summed E-state index contributed by atoms with van der Waals surface area (Å²) < 4.78 is 29.9. The first kappa shape index (κ1) is 26.8. The van der Waals surface area contributed by atoms with Crippen molar-refractivity contribution in [3.05, 3.63) is 64.7 Å². The lowest BCUT2D eigenvalue weighted by Gasteiger charge is -2.29. The molecule has 0 unspecified atom stereocenters. The van der Waals surface area contributed by atoms with E-state index in [1.54, 1.807) is 25.2 Å². The van der Waals surface area contributed by atoms with Gasteiger partial charge in [0.1, 0.15) is 5.75 Å².